The van der Waals surface area contributed by atoms with Crippen LogP contribution in [0.15, 0.2) is 24.3 Å². The predicted octanol–water partition coefficient (Wildman–Crippen LogP) is 16.6. The van der Waals surface area contributed by atoms with Crippen molar-refractivity contribution in [1.82, 2.24) is 5.32 Å². The Morgan fingerprint density at radius 1 is 0.375 bits per heavy atom. The maximum absolute atomic E-state index is 12.6. The van der Waals surface area contributed by atoms with Crippen LogP contribution in [-0.4, -0.2) is 57.3 Å². The Kier molecular flexibility index (Phi) is 51.8. The molecule has 6 nitrogen and oxygen atoms in total. The van der Waals surface area contributed by atoms with Gasteiger partial charge >= 0.3 is 0 Å². The number of carbonyl (C=O) groups excluding carboxylic acids is 1. The van der Waals surface area contributed by atoms with Gasteiger partial charge in [0.1, 0.15) is 12.2 Å². The zero-order chi connectivity index (χ0) is 46.7. The fourth-order valence-electron chi connectivity index (χ4n) is 9.11. The SMILES string of the molecule is CCCCCCCCCCCCCC/C=C\CCCCCCCCCCC(O)C(=O)NC(CO)C(O)C(O)CCC/C=C/CCCCCCCCCCCCCCCCCCCCC. The molecule has 0 rings (SSSR count). The summed E-state index contributed by atoms with van der Waals surface area (Å²) in [4.78, 5) is 12.6. The Morgan fingerprint density at radius 3 is 0.938 bits per heavy atom. The molecule has 4 atom stereocenters. The lowest BCUT2D eigenvalue weighted by Gasteiger charge is -2.27. The van der Waals surface area contributed by atoms with Crippen molar-refractivity contribution < 1.29 is 25.2 Å². The van der Waals surface area contributed by atoms with Crippen molar-refractivity contribution in [3.8, 4) is 0 Å². The van der Waals surface area contributed by atoms with Crippen molar-refractivity contribution in [3.63, 3.8) is 0 Å². The fraction of sp³-hybridized carbons (Fsp3) is 0.914. The first kappa shape index (κ1) is 62.8. The van der Waals surface area contributed by atoms with E-state index in [1.54, 1.807) is 0 Å². The number of unbranched alkanes of at least 4 members (excludes halogenated alkanes) is 40. The summed E-state index contributed by atoms with van der Waals surface area (Å²) in [6.45, 7) is 4.08. The van der Waals surface area contributed by atoms with Crippen LogP contribution >= 0.6 is 0 Å². The van der Waals surface area contributed by atoms with Gasteiger partial charge < -0.3 is 25.7 Å². The van der Waals surface area contributed by atoms with Crippen molar-refractivity contribution in [3.05, 3.63) is 24.3 Å². The largest absolute Gasteiger partial charge is 0.394 e. The number of aliphatic hydroxyl groups excluding tert-OH is 4. The molecule has 0 saturated heterocycles. The van der Waals surface area contributed by atoms with Crippen LogP contribution in [0.4, 0.5) is 0 Å². The molecular formula is C58H113NO5. The maximum Gasteiger partial charge on any atom is 0.249 e. The summed E-state index contributed by atoms with van der Waals surface area (Å²) in [5.74, 6) is -0.592. The first-order chi connectivity index (χ1) is 31.5. The Bertz CT molecular complexity index is 970. The highest BCUT2D eigenvalue weighted by Gasteiger charge is 2.28. The van der Waals surface area contributed by atoms with Crippen LogP contribution in [0.5, 0.6) is 0 Å². The van der Waals surface area contributed by atoms with Gasteiger partial charge in [0.25, 0.3) is 0 Å². The van der Waals surface area contributed by atoms with E-state index in [0.717, 1.165) is 38.5 Å². The van der Waals surface area contributed by atoms with Gasteiger partial charge in [-0.05, 0) is 64.2 Å². The van der Waals surface area contributed by atoms with E-state index in [1.807, 2.05) is 0 Å². The van der Waals surface area contributed by atoms with Gasteiger partial charge in [0, 0.05) is 0 Å². The molecule has 4 unspecified atom stereocenters. The predicted molar refractivity (Wildman–Crippen MR) is 279 cm³/mol. The summed E-state index contributed by atoms with van der Waals surface area (Å²) in [5, 5.41) is 44.0. The van der Waals surface area contributed by atoms with Crippen LogP contribution in [-0.2, 0) is 4.79 Å². The van der Waals surface area contributed by atoms with E-state index in [-0.39, 0.29) is 0 Å². The monoisotopic (exact) mass is 904 g/mol. The number of nitrogens with one attached hydrogen (secondary N) is 1. The molecule has 0 heterocycles. The number of allylic oxidation sites excluding steroid dienone is 4. The Morgan fingerprint density at radius 2 is 0.641 bits per heavy atom. The first-order valence-electron chi connectivity index (χ1n) is 28.7. The summed E-state index contributed by atoms with van der Waals surface area (Å²) in [6, 6.07) is -1.00. The van der Waals surface area contributed by atoms with Gasteiger partial charge in [-0.1, -0.05) is 269 Å². The van der Waals surface area contributed by atoms with Gasteiger partial charge in [0.2, 0.25) is 5.91 Å². The lowest BCUT2D eigenvalue weighted by molar-refractivity contribution is -0.132. The number of hydrogen-bond donors (Lipinski definition) is 5. The average Bonchev–Trinajstić information content (AvgIpc) is 3.30. The molecule has 0 aliphatic carbocycles. The number of hydrogen-bond acceptors (Lipinski definition) is 5. The summed E-state index contributed by atoms with van der Waals surface area (Å²) in [7, 11) is 0. The van der Waals surface area contributed by atoms with Crippen molar-refractivity contribution in [2.24, 2.45) is 0 Å². The lowest BCUT2D eigenvalue weighted by atomic mass is 10.00. The third-order valence-electron chi connectivity index (χ3n) is 13.6. The Balaban J connectivity index is 3.65. The molecule has 0 fully saturated rings. The second-order valence-electron chi connectivity index (χ2n) is 20.0. The summed E-state index contributed by atoms with van der Waals surface area (Å²) in [6.07, 6.45) is 63.9. The standard InChI is InChI=1S/C58H113NO5/c1-3-5-7-9-11-13-15-17-19-21-23-25-27-29-31-33-35-37-39-41-43-45-47-49-51-55(61)57(63)54(53-60)59-58(64)56(62)52-50-48-46-44-42-40-38-36-34-32-30-28-26-24-22-20-18-16-14-12-10-8-6-4-2/h30,32,43,45,54-57,60-63H,3-29,31,33-42,44,46-53H2,1-2H3,(H,59,64)/b32-30-,45-43+. The first-order valence-corrected chi connectivity index (χ1v) is 28.7. The number of rotatable bonds is 53. The third-order valence-corrected chi connectivity index (χ3v) is 13.6. The van der Waals surface area contributed by atoms with Gasteiger partial charge in [-0.15, -0.1) is 0 Å². The normalized spacial score (nSPS) is 13.9. The molecule has 6 heteroatoms. The van der Waals surface area contributed by atoms with Gasteiger partial charge in [-0.3, -0.25) is 4.79 Å². The molecule has 64 heavy (non-hydrogen) atoms. The van der Waals surface area contributed by atoms with Crippen LogP contribution in [0.1, 0.15) is 309 Å². The van der Waals surface area contributed by atoms with Gasteiger partial charge in [0.05, 0.1) is 18.8 Å². The summed E-state index contributed by atoms with van der Waals surface area (Å²) < 4.78 is 0. The van der Waals surface area contributed by atoms with Crippen LogP contribution < -0.4 is 5.32 Å². The van der Waals surface area contributed by atoms with Crippen LogP contribution in [0, 0.1) is 0 Å². The average molecular weight is 905 g/mol. The second kappa shape index (κ2) is 52.8. The summed E-state index contributed by atoms with van der Waals surface area (Å²) >= 11 is 0. The van der Waals surface area contributed by atoms with E-state index in [1.165, 1.54) is 244 Å². The highest BCUT2D eigenvalue weighted by atomic mass is 16.3. The number of amides is 1. The van der Waals surface area contributed by atoms with Gasteiger partial charge in [-0.25, -0.2) is 0 Å². The quantitative estimate of drug-likeness (QED) is 0.0308. The topological polar surface area (TPSA) is 110 Å². The molecule has 0 aliphatic heterocycles. The van der Waals surface area contributed by atoms with E-state index in [2.05, 4.69) is 43.5 Å². The maximum atomic E-state index is 12.6. The highest BCUT2D eigenvalue weighted by molar-refractivity contribution is 5.80. The molecule has 0 aliphatic rings. The Hall–Kier alpha value is -1.21. The molecule has 0 bridgehead atoms. The van der Waals surface area contributed by atoms with Crippen molar-refractivity contribution in [1.29, 1.82) is 0 Å². The molecule has 0 aromatic heterocycles. The molecule has 0 spiro atoms. The van der Waals surface area contributed by atoms with E-state index >= 15 is 0 Å². The van der Waals surface area contributed by atoms with Crippen molar-refractivity contribution in [2.75, 3.05) is 6.61 Å². The minimum absolute atomic E-state index is 0.361. The van der Waals surface area contributed by atoms with E-state index in [9.17, 15) is 25.2 Å². The van der Waals surface area contributed by atoms with E-state index < -0.39 is 36.9 Å². The van der Waals surface area contributed by atoms with Gasteiger partial charge in [-0.2, -0.15) is 0 Å². The molecule has 0 aromatic rings. The van der Waals surface area contributed by atoms with E-state index in [4.69, 9.17) is 0 Å². The Labute approximate surface area is 399 Å². The van der Waals surface area contributed by atoms with Crippen LogP contribution in [0.25, 0.3) is 0 Å². The van der Waals surface area contributed by atoms with Crippen LogP contribution in [0.3, 0.4) is 0 Å². The minimum Gasteiger partial charge on any atom is -0.394 e. The number of carbonyl (C=O) groups is 1. The second-order valence-corrected chi connectivity index (χ2v) is 20.0. The third kappa shape index (κ3) is 45.9. The van der Waals surface area contributed by atoms with Crippen molar-refractivity contribution >= 4 is 5.91 Å². The van der Waals surface area contributed by atoms with Crippen molar-refractivity contribution in [2.45, 2.75) is 334 Å². The zero-order valence-electron chi connectivity index (χ0n) is 43.0. The number of aliphatic hydroxyl groups is 4. The van der Waals surface area contributed by atoms with E-state index in [0.29, 0.717) is 12.8 Å². The summed E-state index contributed by atoms with van der Waals surface area (Å²) in [5.41, 5.74) is 0. The van der Waals surface area contributed by atoms with Gasteiger partial charge in [0.15, 0.2) is 0 Å². The molecule has 380 valence electrons. The molecule has 0 aromatic carbocycles. The zero-order valence-corrected chi connectivity index (χ0v) is 43.0. The fourth-order valence-corrected chi connectivity index (χ4v) is 9.11. The smallest absolute Gasteiger partial charge is 0.249 e. The minimum atomic E-state index is -1.28. The molecule has 1 amide bonds. The molecule has 5 N–H and O–H groups in total. The molecule has 0 saturated carbocycles. The highest BCUT2D eigenvalue weighted by Crippen LogP contribution is 2.17. The molecular weight excluding hydrogens is 791 g/mol. The lowest BCUT2D eigenvalue weighted by Crippen LogP contribution is -2.53. The van der Waals surface area contributed by atoms with Crippen LogP contribution in [0.2, 0.25) is 0 Å². The molecule has 0 radical (unpaired) electrons.